The van der Waals surface area contributed by atoms with Crippen LogP contribution in [0.25, 0.3) is 0 Å². The van der Waals surface area contributed by atoms with E-state index < -0.39 is 18.0 Å². The van der Waals surface area contributed by atoms with Crippen molar-refractivity contribution >= 4 is 3.76 Å². The van der Waals surface area contributed by atoms with E-state index in [1.165, 1.54) is 51.4 Å². The van der Waals surface area contributed by atoms with Gasteiger partial charge in [0.25, 0.3) is 0 Å². The van der Waals surface area contributed by atoms with E-state index in [4.69, 9.17) is 0 Å². The molecule has 2 atom stereocenters. The molecule has 23 heavy (non-hydrogen) atoms. The van der Waals surface area contributed by atoms with Gasteiger partial charge in [-0.05, 0) is 0 Å². The third kappa shape index (κ3) is 2.36. The fourth-order valence-electron chi connectivity index (χ4n) is 5.91. The minimum absolute atomic E-state index is 0.802. The predicted molar refractivity (Wildman–Crippen MR) is 100 cm³/mol. The van der Waals surface area contributed by atoms with E-state index in [1.807, 2.05) is 11.1 Å². The third-order valence-electron chi connectivity index (χ3n) is 7.71. The van der Waals surface area contributed by atoms with Crippen molar-refractivity contribution < 1.29 is 18.0 Å². The van der Waals surface area contributed by atoms with Crippen LogP contribution in [0.4, 0.5) is 0 Å². The zero-order valence-electron chi connectivity index (χ0n) is 15.2. The third-order valence-corrected chi connectivity index (χ3v) is 32.2. The fraction of sp³-hybridized carbons (Fsp3) is 0.591. The Kier molecular flexibility index (Phi) is 3.95. The Labute approximate surface area is 143 Å². The molecule has 4 aliphatic carbocycles. The first-order chi connectivity index (χ1) is 11.0. The summed E-state index contributed by atoms with van der Waals surface area (Å²) in [5, 5.41) is 0. The van der Waals surface area contributed by atoms with E-state index in [-0.39, 0.29) is 0 Å². The molecule has 1 heteroatoms. The Bertz CT molecular complexity index is 663. The maximum absolute atomic E-state index is 3.19. The van der Waals surface area contributed by atoms with E-state index >= 15 is 0 Å². The van der Waals surface area contributed by atoms with Crippen LogP contribution >= 0.6 is 0 Å². The van der Waals surface area contributed by atoms with Crippen molar-refractivity contribution in [3.05, 3.63) is 46.6 Å². The molecule has 0 saturated heterocycles. The van der Waals surface area contributed by atoms with Crippen LogP contribution in [0.5, 0.6) is 0 Å². The Morgan fingerprint density at radius 2 is 1.22 bits per heavy atom. The summed E-state index contributed by atoms with van der Waals surface area (Å²) in [7, 11) is 0. The van der Waals surface area contributed by atoms with Crippen molar-refractivity contribution in [1.29, 1.82) is 0 Å². The SMILES string of the molecule is C[CH]=[Hf]([CH3])([CH3])([CH]1C=CC2=C1CCCC2)[CH]1C=CC2=C1CCCC2. The second-order valence-electron chi connectivity index (χ2n) is 9.21. The summed E-state index contributed by atoms with van der Waals surface area (Å²) in [6.45, 7) is 2.40. The number of hydrogen-bond donors (Lipinski definition) is 0. The molecule has 0 fully saturated rings. The summed E-state index contributed by atoms with van der Waals surface area (Å²) in [4.78, 5) is 0. The molecule has 0 saturated carbocycles. The van der Waals surface area contributed by atoms with Crippen LogP contribution in [-0.2, 0) is 18.0 Å². The molecule has 0 aromatic heterocycles. The Balaban J connectivity index is 1.81. The Hall–Kier alpha value is -0.300. The van der Waals surface area contributed by atoms with Gasteiger partial charge in [0, 0.05) is 0 Å². The zero-order valence-corrected chi connectivity index (χ0v) is 18.8. The molecule has 0 nitrogen and oxygen atoms in total. The van der Waals surface area contributed by atoms with Gasteiger partial charge in [0.2, 0.25) is 0 Å². The van der Waals surface area contributed by atoms with E-state index in [0.29, 0.717) is 0 Å². The quantitative estimate of drug-likeness (QED) is 0.376. The fourth-order valence-corrected chi connectivity index (χ4v) is 25.2. The van der Waals surface area contributed by atoms with Gasteiger partial charge in [0.15, 0.2) is 0 Å². The molecular weight excluding hydrogens is 443 g/mol. The van der Waals surface area contributed by atoms with Crippen LogP contribution in [-0.4, -0.2) is 3.76 Å². The van der Waals surface area contributed by atoms with Crippen molar-refractivity contribution in [2.24, 2.45) is 0 Å². The topological polar surface area (TPSA) is 0 Å². The number of allylic oxidation sites excluding steroid dienone is 8. The summed E-state index contributed by atoms with van der Waals surface area (Å²) < 4.78 is 9.88. The van der Waals surface area contributed by atoms with E-state index in [0.717, 1.165) is 7.35 Å². The van der Waals surface area contributed by atoms with Crippen molar-refractivity contribution in [3.8, 4) is 0 Å². The zero-order chi connectivity index (χ0) is 16.1. The average molecular weight is 475 g/mol. The number of rotatable bonds is 2. The Morgan fingerprint density at radius 1 is 0.783 bits per heavy atom. The van der Waals surface area contributed by atoms with Gasteiger partial charge in [-0.25, -0.2) is 0 Å². The van der Waals surface area contributed by atoms with Crippen LogP contribution in [0.3, 0.4) is 0 Å². The molecule has 0 heterocycles. The summed E-state index contributed by atoms with van der Waals surface area (Å²) in [5.74, 6) is 0. The summed E-state index contributed by atoms with van der Waals surface area (Å²) in [5.41, 5.74) is 7.14. The van der Waals surface area contributed by atoms with Gasteiger partial charge in [-0.3, -0.25) is 0 Å². The van der Waals surface area contributed by atoms with Gasteiger partial charge >= 0.3 is 143 Å². The predicted octanol–water partition coefficient (Wildman–Crippen LogP) is 7.05. The van der Waals surface area contributed by atoms with Gasteiger partial charge in [0.1, 0.15) is 0 Å². The normalized spacial score (nSPS) is 30.8. The van der Waals surface area contributed by atoms with Crippen LogP contribution in [0.15, 0.2) is 46.6 Å². The molecule has 0 aromatic carbocycles. The average Bonchev–Trinajstić information content (AvgIpc) is 3.20. The van der Waals surface area contributed by atoms with E-state index in [9.17, 15) is 0 Å². The summed E-state index contributed by atoms with van der Waals surface area (Å²) in [6.07, 6.45) is 21.4. The molecule has 4 rings (SSSR count). The molecule has 0 aromatic rings. The molecular formula is C22H32Hf. The van der Waals surface area contributed by atoms with Crippen LogP contribution in [0, 0.1) is 0 Å². The first-order valence-electron chi connectivity index (χ1n) is 9.85. The van der Waals surface area contributed by atoms with E-state index in [2.05, 4.69) is 44.3 Å². The van der Waals surface area contributed by atoms with Gasteiger partial charge in [-0.2, -0.15) is 0 Å². The van der Waals surface area contributed by atoms with Crippen LogP contribution in [0.1, 0.15) is 58.3 Å². The van der Waals surface area contributed by atoms with Crippen molar-refractivity contribution in [1.82, 2.24) is 0 Å². The standard InChI is InChI=1S/2C9H11.C2H4.2CH3.Hf/c2*1-2-5-9-7-3-6-8(9)4-1;1-2;;;/h2*3,6-7H,1-2,4-5H2;1H,2H3;2*1H3;. The van der Waals surface area contributed by atoms with Gasteiger partial charge in [-0.15, -0.1) is 0 Å². The second kappa shape index (κ2) is 5.61. The molecule has 124 valence electrons. The Morgan fingerprint density at radius 3 is 1.65 bits per heavy atom. The molecule has 0 aliphatic heterocycles. The summed E-state index contributed by atoms with van der Waals surface area (Å²) in [6, 6.07) is 0. The monoisotopic (exact) mass is 476 g/mol. The molecule has 0 amide bonds. The van der Waals surface area contributed by atoms with Gasteiger partial charge in [-0.1, -0.05) is 0 Å². The van der Waals surface area contributed by atoms with Crippen molar-refractivity contribution in [3.63, 3.8) is 0 Å². The minimum atomic E-state index is -3.19. The molecule has 4 aliphatic rings. The summed E-state index contributed by atoms with van der Waals surface area (Å²) >= 11 is -3.19. The van der Waals surface area contributed by atoms with Gasteiger partial charge in [0.05, 0.1) is 0 Å². The molecule has 0 N–H and O–H groups in total. The maximum atomic E-state index is 2.76. The number of hydrogen-bond acceptors (Lipinski definition) is 0. The van der Waals surface area contributed by atoms with Gasteiger partial charge < -0.3 is 0 Å². The van der Waals surface area contributed by atoms with Crippen molar-refractivity contribution in [2.45, 2.75) is 75.0 Å². The van der Waals surface area contributed by atoms with E-state index in [1.54, 1.807) is 11.1 Å². The molecule has 2 unspecified atom stereocenters. The van der Waals surface area contributed by atoms with Crippen LogP contribution in [0.2, 0.25) is 16.7 Å². The van der Waals surface area contributed by atoms with Crippen molar-refractivity contribution in [2.75, 3.05) is 0 Å². The first kappa shape index (κ1) is 16.2. The molecule has 0 spiro atoms. The molecule has 0 bridgehead atoms. The molecule has 0 radical (unpaired) electrons. The second-order valence-corrected chi connectivity index (χ2v) is 35.4. The van der Waals surface area contributed by atoms with Crippen LogP contribution < -0.4 is 0 Å². The first-order valence-corrected chi connectivity index (χ1v) is 23.3.